The van der Waals surface area contributed by atoms with Gasteiger partial charge in [0.15, 0.2) is 11.5 Å². The van der Waals surface area contributed by atoms with E-state index in [2.05, 4.69) is 0 Å². The molecule has 94 valence electrons. The van der Waals surface area contributed by atoms with Gasteiger partial charge in [-0.3, -0.25) is 0 Å². The second kappa shape index (κ2) is 5.15. The molecule has 1 saturated carbocycles. The molecule has 0 amide bonds. The number of methoxy groups -OCH3 is 2. The number of ether oxygens (including phenoxy) is 2. The van der Waals surface area contributed by atoms with Crippen LogP contribution in [0.2, 0.25) is 5.02 Å². The Kier molecular flexibility index (Phi) is 3.79. The predicted octanol–water partition coefficient (Wildman–Crippen LogP) is 3.16. The molecule has 0 aromatic heterocycles. The molecule has 2 rings (SSSR count). The lowest BCUT2D eigenvalue weighted by Crippen LogP contribution is -2.27. The molecule has 1 aromatic carbocycles. The minimum Gasteiger partial charge on any atom is -0.493 e. The summed E-state index contributed by atoms with van der Waals surface area (Å²) in [4.78, 5) is 0. The van der Waals surface area contributed by atoms with Gasteiger partial charge in [-0.2, -0.15) is 0 Å². The van der Waals surface area contributed by atoms with E-state index in [4.69, 9.17) is 26.8 Å². The summed E-state index contributed by atoms with van der Waals surface area (Å²) in [6.45, 7) is 0. The van der Waals surface area contributed by atoms with E-state index in [1.165, 1.54) is 19.3 Å². The SMILES string of the molecule is COc1cc(Cl)c(C(N)C2CCC2)cc1OC. The minimum absolute atomic E-state index is 0.00365. The number of hydrogen-bond donors (Lipinski definition) is 1. The Hall–Kier alpha value is -0.930. The van der Waals surface area contributed by atoms with Crippen LogP contribution < -0.4 is 15.2 Å². The van der Waals surface area contributed by atoms with Crippen molar-refractivity contribution < 1.29 is 9.47 Å². The monoisotopic (exact) mass is 255 g/mol. The molecule has 17 heavy (non-hydrogen) atoms. The zero-order chi connectivity index (χ0) is 12.4. The fourth-order valence-electron chi connectivity index (χ4n) is 2.18. The fraction of sp³-hybridized carbons (Fsp3) is 0.538. The molecule has 2 N–H and O–H groups in total. The number of halogens is 1. The predicted molar refractivity (Wildman–Crippen MR) is 68.8 cm³/mol. The maximum Gasteiger partial charge on any atom is 0.162 e. The van der Waals surface area contributed by atoms with Crippen LogP contribution in [-0.2, 0) is 0 Å². The number of hydrogen-bond acceptors (Lipinski definition) is 3. The summed E-state index contributed by atoms with van der Waals surface area (Å²) >= 11 is 6.24. The number of rotatable bonds is 4. The zero-order valence-electron chi connectivity index (χ0n) is 10.2. The summed E-state index contributed by atoms with van der Waals surface area (Å²) in [6.07, 6.45) is 3.64. The first-order valence-electron chi connectivity index (χ1n) is 5.84. The molecule has 0 spiro atoms. The lowest BCUT2D eigenvalue weighted by molar-refractivity contribution is 0.263. The van der Waals surface area contributed by atoms with Gasteiger partial charge in [0.05, 0.1) is 14.2 Å². The molecule has 0 radical (unpaired) electrons. The van der Waals surface area contributed by atoms with Crippen LogP contribution in [0.4, 0.5) is 0 Å². The van der Waals surface area contributed by atoms with Crippen LogP contribution in [0, 0.1) is 5.92 Å². The first-order chi connectivity index (χ1) is 8.17. The van der Waals surface area contributed by atoms with Crippen molar-refractivity contribution >= 4 is 11.6 Å². The van der Waals surface area contributed by atoms with Crippen molar-refractivity contribution in [3.05, 3.63) is 22.7 Å². The molecule has 1 aliphatic carbocycles. The Morgan fingerprint density at radius 3 is 2.29 bits per heavy atom. The van der Waals surface area contributed by atoms with Crippen LogP contribution in [0.1, 0.15) is 30.9 Å². The van der Waals surface area contributed by atoms with Crippen LogP contribution >= 0.6 is 11.6 Å². The Balaban J connectivity index is 2.32. The summed E-state index contributed by atoms with van der Waals surface area (Å²) < 4.78 is 10.5. The van der Waals surface area contributed by atoms with Crippen molar-refractivity contribution in [1.82, 2.24) is 0 Å². The van der Waals surface area contributed by atoms with Gasteiger partial charge in [0, 0.05) is 17.1 Å². The van der Waals surface area contributed by atoms with Gasteiger partial charge in [0.2, 0.25) is 0 Å². The van der Waals surface area contributed by atoms with Crippen molar-refractivity contribution in [3.8, 4) is 11.5 Å². The minimum atomic E-state index is -0.00365. The van der Waals surface area contributed by atoms with Gasteiger partial charge < -0.3 is 15.2 Å². The molecule has 1 aromatic rings. The summed E-state index contributed by atoms with van der Waals surface area (Å²) in [7, 11) is 3.21. The van der Waals surface area contributed by atoms with Gasteiger partial charge in [-0.05, 0) is 30.4 Å². The number of benzene rings is 1. The van der Waals surface area contributed by atoms with E-state index in [0.29, 0.717) is 22.4 Å². The fourth-order valence-corrected chi connectivity index (χ4v) is 2.46. The van der Waals surface area contributed by atoms with Crippen LogP contribution in [0.5, 0.6) is 11.5 Å². The lowest BCUT2D eigenvalue weighted by Gasteiger charge is -2.32. The van der Waals surface area contributed by atoms with E-state index < -0.39 is 0 Å². The average molecular weight is 256 g/mol. The van der Waals surface area contributed by atoms with E-state index in [-0.39, 0.29) is 6.04 Å². The van der Waals surface area contributed by atoms with Crippen molar-refractivity contribution in [3.63, 3.8) is 0 Å². The third-order valence-corrected chi connectivity index (χ3v) is 3.85. The van der Waals surface area contributed by atoms with Gasteiger partial charge in [-0.15, -0.1) is 0 Å². The maximum absolute atomic E-state index is 6.24. The molecule has 4 heteroatoms. The quantitative estimate of drug-likeness (QED) is 0.899. The van der Waals surface area contributed by atoms with Gasteiger partial charge in [0.25, 0.3) is 0 Å². The third-order valence-electron chi connectivity index (χ3n) is 3.52. The van der Waals surface area contributed by atoms with E-state index in [9.17, 15) is 0 Å². The Morgan fingerprint density at radius 2 is 1.82 bits per heavy atom. The Morgan fingerprint density at radius 1 is 1.24 bits per heavy atom. The van der Waals surface area contributed by atoms with Crippen LogP contribution in [0.3, 0.4) is 0 Å². The molecule has 1 aliphatic rings. The maximum atomic E-state index is 6.24. The Labute approximate surface area is 107 Å². The van der Waals surface area contributed by atoms with E-state index in [0.717, 1.165) is 5.56 Å². The lowest BCUT2D eigenvalue weighted by atomic mass is 9.77. The molecular weight excluding hydrogens is 238 g/mol. The molecule has 1 unspecified atom stereocenters. The van der Waals surface area contributed by atoms with Crippen LogP contribution in [0.25, 0.3) is 0 Å². The van der Waals surface area contributed by atoms with Crippen molar-refractivity contribution in [1.29, 1.82) is 0 Å². The molecule has 0 bridgehead atoms. The largest absolute Gasteiger partial charge is 0.493 e. The summed E-state index contributed by atoms with van der Waals surface area (Å²) in [5, 5.41) is 0.655. The van der Waals surface area contributed by atoms with Gasteiger partial charge >= 0.3 is 0 Å². The highest BCUT2D eigenvalue weighted by atomic mass is 35.5. The Bertz CT molecular complexity index is 405. The van der Waals surface area contributed by atoms with Crippen molar-refractivity contribution in [2.75, 3.05) is 14.2 Å². The second-order valence-electron chi connectivity index (χ2n) is 4.45. The summed E-state index contributed by atoms with van der Waals surface area (Å²) in [6, 6.07) is 3.66. The summed E-state index contributed by atoms with van der Waals surface area (Å²) in [5.74, 6) is 1.87. The smallest absolute Gasteiger partial charge is 0.162 e. The second-order valence-corrected chi connectivity index (χ2v) is 4.85. The summed E-state index contributed by atoms with van der Waals surface area (Å²) in [5.41, 5.74) is 7.19. The van der Waals surface area contributed by atoms with E-state index in [1.807, 2.05) is 6.07 Å². The molecule has 0 aliphatic heterocycles. The average Bonchev–Trinajstić information content (AvgIpc) is 2.26. The molecule has 1 atom stereocenters. The molecular formula is C13H18ClNO2. The first kappa shape index (κ1) is 12.5. The standard InChI is InChI=1S/C13H18ClNO2/c1-16-11-6-9(10(14)7-12(11)17-2)13(15)8-4-3-5-8/h6-8,13H,3-5,15H2,1-2H3. The van der Waals surface area contributed by atoms with Gasteiger partial charge in [-0.1, -0.05) is 18.0 Å². The topological polar surface area (TPSA) is 44.5 Å². The molecule has 1 fully saturated rings. The van der Waals surface area contributed by atoms with E-state index in [1.54, 1.807) is 20.3 Å². The highest BCUT2D eigenvalue weighted by molar-refractivity contribution is 6.31. The van der Waals surface area contributed by atoms with E-state index >= 15 is 0 Å². The highest BCUT2D eigenvalue weighted by Crippen LogP contribution is 2.42. The van der Waals surface area contributed by atoms with Gasteiger partial charge in [-0.25, -0.2) is 0 Å². The molecule has 0 saturated heterocycles. The normalized spacial score (nSPS) is 17.4. The molecule has 3 nitrogen and oxygen atoms in total. The van der Waals surface area contributed by atoms with Gasteiger partial charge in [0.1, 0.15) is 0 Å². The third kappa shape index (κ3) is 2.35. The number of nitrogens with two attached hydrogens (primary N) is 1. The van der Waals surface area contributed by atoms with Crippen molar-refractivity contribution in [2.24, 2.45) is 11.7 Å². The first-order valence-corrected chi connectivity index (χ1v) is 6.22. The van der Waals surface area contributed by atoms with Crippen LogP contribution in [0.15, 0.2) is 12.1 Å². The zero-order valence-corrected chi connectivity index (χ0v) is 11.0. The highest BCUT2D eigenvalue weighted by Gasteiger charge is 2.27. The van der Waals surface area contributed by atoms with Crippen LogP contribution in [-0.4, -0.2) is 14.2 Å². The molecule has 0 heterocycles. The van der Waals surface area contributed by atoms with Crippen molar-refractivity contribution in [2.45, 2.75) is 25.3 Å².